The van der Waals surface area contributed by atoms with Crippen LogP contribution in [0.25, 0.3) is 0 Å². The minimum atomic E-state index is -0.579. The second kappa shape index (κ2) is 11.5. The molecule has 0 bridgehead atoms. The van der Waals surface area contributed by atoms with Gasteiger partial charge in [0.25, 0.3) is 0 Å². The largest absolute Gasteiger partial charge is 0.460 e. The predicted molar refractivity (Wildman–Crippen MR) is 81.1 cm³/mol. The fraction of sp³-hybridized carbons (Fsp3) is 0.375. The van der Waals surface area contributed by atoms with Gasteiger partial charge in [-0.2, -0.15) is 0 Å². The number of amides is 1. The van der Waals surface area contributed by atoms with E-state index in [9.17, 15) is 9.59 Å². The molecule has 22 heavy (non-hydrogen) atoms. The van der Waals surface area contributed by atoms with Gasteiger partial charge < -0.3 is 19.5 Å². The van der Waals surface area contributed by atoms with E-state index in [0.29, 0.717) is 26.4 Å². The van der Waals surface area contributed by atoms with Crippen LogP contribution < -0.4 is 5.32 Å². The highest BCUT2D eigenvalue weighted by atomic mass is 16.6. The summed E-state index contributed by atoms with van der Waals surface area (Å²) in [6, 6.07) is 9.50. The summed E-state index contributed by atoms with van der Waals surface area (Å²) in [6.07, 6.45) is 2.24. The Balaban J connectivity index is 2.12. The Kier molecular flexibility index (Phi) is 9.32. The van der Waals surface area contributed by atoms with Gasteiger partial charge in [-0.05, 0) is 5.56 Å². The third-order valence-electron chi connectivity index (χ3n) is 2.58. The number of hydrogen-bond donors (Lipinski definition) is 1. The normalized spacial score (nSPS) is 10.6. The van der Waals surface area contributed by atoms with Gasteiger partial charge in [0.2, 0.25) is 5.91 Å². The number of carbonyl (C=O) groups is 2. The lowest BCUT2D eigenvalue weighted by molar-refractivity contribution is -0.139. The van der Waals surface area contributed by atoms with E-state index in [1.807, 2.05) is 30.3 Å². The third kappa shape index (κ3) is 8.89. The standard InChI is InChI=1S/C16H21NO5/c1-20-9-10-21-11-12-22-16(19)8-7-15(18)17-13-14-5-3-2-4-6-14/h2-8H,9-13H2,1H3,(H,17,18)/b8-7-. The predicted octanol–water partition coefficient (Wildman–Crippen LogP) is 1.07. The van der Waals surface area contributed by atoms with E-state index >= 15 is 0 Å². The van der Waals surface area contributed by atoms with E-state index in [2.05, 4.69) is 5.32 Å². The van der Waals surface area contributed by atoms with E-state index in [1.165, 1.54) is 0 Å². The molecule has 0 atom stereocenters. The summed E-state index contributed by atoms with van der Waals surface area (Å²) >= 11 is 0. The van der Waals surface area contributed by atoms with Crippen molar-refractivity contribution in [1.82, 2.24) is 5.32 Å². The molecule has 0 saturated heterocycles. The van der Waals surface area contributed by atoms with Crippen LogP contribution in [-0.4, -0.2) is 45.4 Å². The zero-order valence-electron chi connectivity index (χ0n) is 12.6. The van der Waals surface area contributed by atoms with E-state index in [-0.39, 0.29) is 12.5 Å². The number of benzene rings is 1. The Hall–Kier alpha value is -2.18. The van der Waals surface area contributed by atoms with Crippen molar-refractivity contribution in [1.29, 1.82) is 0 Å². The molecule has 0 radical (unpaired) electrons. The van der Waals surface area contributed by atoms with Crippen LogP contribution in [0.4, 0.5) is 0 Å². The molecular formula is C16H21NO5. The number of carbonyl (C=O) groups excluding carboxylic acids is 2. The molecule has 6 heteroatoms. The van der Waals surface area contributed by atoms with Gasteiger partial charge >= 0.3 is 5.97 Å². The van der Waals surface area contributed by atoms with Crippen LogP contribution in [0.1, 0.15) is 5.56 Å². The van der Waals surface area contributed by atoms with Crippen molar-refractivity contribution in [2.24, 2.45) is 0 Å². The first-order chi connectivity index (χ1) is 10.7. The van der Waals surface area contributed by atoms with Crippen molar-refractivity contribution in [3.05, 3.63) is 48.0 Å². The molecule has 1 aromatic carbocycles. The van der Waals surface area contributed by atoms with Crippen LogP contribution in [0.3, 0.4) is 0 Å². The molecule has 0 aromatic heterocycles. The molecule has 1 N–H and O–H groups in total. The minimum absolute atomic E-state index is 0.137. The van der Waals surface area contributed by atoms with Crippen LogP contribution in [0.5, 0.6) is 0 Å². The Morgan fingerprint density at radius 1 is 1.05 bits per heavy atom. The van der Waals surface area contributed by atoms with Gasteiger partial charge in [-0.25, -0.2) is 4.79 Å². The maximum absolute atomic E-state index is 11.5. The molecule has 0 saturated carbocycles. The summed E-state index contributed by atoms with van der Waals surface area (Å²) in [7, 11) is 1.58. The highest BCUT2D eigenvalue weighted by Crippen LogP contribution is 1.97. The van der Waals surface area contributed by atoms with E-state index in [0.717, 1.165) is 17.7 Å². The van der Waals surface area contributed by atoms with Crippen molar-refractivity contribution in [2.45, 2.75) is 6.54 Å². The third-order valence-corrected chi connectivity index (χ3v) is 2.58. The van der Waals surface area contributed by atoms with Gasteiger partial charge in [0.05, 0.1) is 19.8 Å². The zero-order valence-corrected chi connectivity index (χ0v) is 12.6. The van der Waals surface area contributed by atoms with Crippen molar-refractivity contribution in [2.75, 3.05) is 33.5 Å². The molecule has 0 heterocycles. The number of methoxy groups -OCH3 is 1. The fourth-order valence-electron chi connectivity index (χ4n) is 1.48. The molecule has 6 nitrogen and oxygen atoms in total. The molecular weight excluding hydrogens is 286 g/mol. The van der Waals surface area contributed by atoms with Gasteiger partial charge in [0.15, 0.2) is 0 Å². The van der Waals surface area contributed by atoms with E-state index in [1.54, 1.807) is 7.11 Å². The molecule has 120 valence electrons. The first-order valence-corrected chi connectivity index (χ1v) is 6.95. The first kappa shape index (κ1) is 17.9. The number of nitrogens with one attached hydrogen (secondary N) is 1. The lowest BCUT2D eigenvalue weighted by Crippen LogP contribution is -2.20. The summed E-state index contributed by atoms with van der Waals surface area (Å²) < 4.78 is 14.8. The molecule has 0 aliphatic heterocycles. The second-order valence-electron chi connectivity index (χ2n) is 4.31. The summed E-state index contributed by atoms with van der Waals surface area (Å²) in [4.78, 5) is 22.9. The average Bonchev–Trinajstić information content (AvgIpc) is 2.55. The topological polar surface area (TPSA) is 73.9 Å². The maximum atomic E-state index is 11.5. The molecule has 1 amide bonds. The number of hydrogen-bond acceptors (Lipinski definition) is 5. The van der Waals surface area contributed by atoms with Gasteiger partial charge in [-0.3, -0.25) is 4.79 Å². The van der Waals surface area contributed by atoms with Gasteiger partial charge in [0, 0.05) is 25.8 Å². The van der Waals surface area contributed by atoms with Crippen molar-refractivity contribution < 1.29 is 23.8 Å². The highest BCUT2D eigenvalue weighted by molar-refractivity contribution is 5.94. The molecule has 1 aromatic rings. The van der Waals surface area contributed by atoms with Crippen molar-refractivity contribution in [3.8, 4) is 0 Å². The lowest BCUT2D eigenvalue weighted by atomic mass is 10.2. The van der Waals surface area contributed by atoms with Crippen LogP contribution in [0.2, 0.25) is 0 Å². The van der Waals surface area contributed by atoms with Gasteiger partial charge in [0.1, 0.15) is 6.61 Å². The molecule has 0 unspecified atom stereocenters. The Morgan fingerprint density at radius 2 is 1.77 bits per heavy atom. The SMILES string of the molecule is COCCOCCOC(=O)/C=C\C(=O)NCc1ccccc1. The molecule has 0 fully saturated rings. The average molecular weight is 307 g/mol. The quantitative estimate of drug-likeness (QED) is 0.397. The van der Waals surface area contributed by atoms with Crippen molar-refractivity contribution >= 4 is 11.9 Å². The van der Waals surface area contributed by atoms with E-state index < -0.39 is 5.97 Å². The van der Waals surface area contributed by atoms with Crippen LogP contribution in [0, 0.1) is 0 Å². The van der Waals surface area contributed by atoms with Crippen molar-refractivity contribution in [3.63, 3.8) is 0 Å². The summed E-state index contributed by atoms with van der Waals surface area (Å²) in [5.74, 6) is -0.928. The smallest absolute Gasteiger partial charge is 0.331 e. The minimum Gasteiger partial charge on any atom is -0.460 e. The highest BCUT2D eigenvalue weighted by Gasteiger charge is 2.00. The Labute approximate surface area is 130 Å². The monoisotopic (exact) mass is 307 g/mol. The molecule has 0 aliphatic carbocycles. The van der Waals surface area contributed by atoms with E-state index in [4.69, 9.17) is 14.2 Å². The van der Waals surface area contributed by atoms with Crippen LogP contribution in [-0.2, 0) is 30.3 Å². The summed E-state index contributed by atoms with van der Waals surface area (Å²) in [5.41, 5.74) is 0.986. The molecule has 0 spiro atoms. The Morgan fingerprint density at radius 3 is 2.50 bits per heavy atom. The molecule has 1 rings (SSSR count). The zero-order chi connectivity index (χ0) is 16.0. The number of rotatable bonds is 10. The fourth-order valence-corrected chi connectivity index (χ4v) is 1.48. The molecule has 0 aliphatic rings. The summed E-state index contributed by atoms with van der Waals surface area (Å²) in [6.45, 7) is 1.79. The number of esters is 1. The van der Waals surface area contributed by atoms with Gasteiger partial charge in [-0.15, -0.1) is 0 Å². The van der Waals surface area contributed by atoms with Crippen LogP contribution >= 0.6 is 0 Å². The first-order valence-electron chi connectivity index (χ1n) is 6.95. The van der Waals surface area contributed by atoms with Gasteiger partial charge in [-0.1, -0.05) is 30.3 Å². The summed E-state index contributed by atoms with van der Waals surface area (Å²) in [5, 5.41) is 2.67. The second-order valence-corrected chi connectivity index (χ2v) is 4.31. The lowest BCUT2D eigenvalue weighted by Gasteiger charge is -2.04. The number of ether oxygens (including phenoxy) is 3. The maximum Gasteiger partial charge on any atom is 0.331 e. The Bertz CT molecular complexity index is 473. The van der Waals surface area contributed by atoms with Crippen LogP contribution in [0.15, 0.2) is 42.5 Å².